The van der Waals surface area contributed by atoms with Crippen molar-refractivity contribution in [2.24, 2.45) is 4.99 Å². The predicted octanol–water partition coefficient (Wildman–Crippen LogP) is 5.93. The maximum absolute atomic E-state index is 5.26. The van der Waals surface area contributed by atoms with Crippen LogP contribution in [0.1, 0.15) is 43.2 Å². The second-order valence-corrected chi connectivity index (χ2v) is 8.47. The molecule has 1 fully saturated rings. The van der Waals surface area contributed by atoms with E-state index < -0.39 is 0 Å². The summed E-state index contributed by atoms with van der Waals surface area (Å²) in [5, 5.41) is 6.58. The Balaban J connectivity index is 1.48. The van der Waals surface area contributed by atoms with Crippen LogP contribution >= 0.6 is 11.3 Å². The molecular formula is C23H23N3S. The van der Waals surface area contributed by atoms with Gasteiger partial charge in [-0.3, -0.25) is 4.99 Å². The van der Waals surface area contributed by atoms with Crippen molar-refractivity contribution in [2.75, 3.05) is 5.32 Å². The number of fused-ring (bicyclic) bond motifs is 1. The van der Waals surface area contributed by atoms with E-state index in [4.69, 9.17) is 9.98 Å². The molecule has 1 aliphatic carbocycles. The fraction of sp³-hybridized carbons (Fsp3) is 0.304. The summed E-state index contributed by atoms with van der Waals surface area (Å²) in [6.45, 7) is 0. The Morgan fingerprint density at radius 3 is 2.52 bits per heavy atom. The van der Waals surface area contributed by atoms with Crippen LogP contribution in [0.15, 0.2) is 65.0 Å². The Morgan fingerprint density at radius 1 is 0.889 bits per heavy atom. The van der Waals surface area contributed by atoms with Gasteiger partial charge in [-0.15, -0.1) is 11.3 Å². The summed E-state index contributed by atoms with van der Waals surface area (Å²) >= 11 is 1.64. The number of hydrogen-bond donors (Lipinski definition) is 1. The van der Waals surface area contributed by atoms with Crippen molar-refractivity contribution < 1.29 is 0 Å². The molecular weight excluding hydrogens is 350 g/mol. The highest BCUT2D eigenvalue weighted by atomic mass is 32.1. The molecule has 1 spiro atoms. The Morgan fingerprint density at radius 2 is 1.67 bits per heavy atom. The third-order valence-corrected chi connectivity index (χ3v) is 6.48. The van der Waals surface area contributed by atoms with Gasteiger partial charge in [0.1, 0.15) is 5.84 Å². The SMILES string of the molecule is c1ccc(-c2csc(NC3=NC4(CCCCC4)Cc4ccccc43)n2)cc1. The fourth-order valence-corrected chi connectivity index (χ4v) is 5.08. The maximum Gasteiger partial charge on any atom is 0.188 e. The van der Waals surface area contributed by atoms with E-state index in [0.29, 0.717) is 0 Å². The number of hydrogen-bond acceptors (Lipinski definition) is 4. The minimum Gasteiger partial charge on any atom is -0.316 e. The monoisotopic (exact) mass is 373 g/mol. The molecule has 1 N–H and O–H groups in total. The van der Waals surface area contributed by atoms with Crippen LogP contribution < -0.4 is 5.32 Å². The number of nitrogens with zero attached hydrogens (tertiary/aromatic N) is 2. The first-order chi connectivity index (χ1) is 13.3. The van der Waals surface area contributed by atoms with E-state index in [1.165, 1.54) is 43.2 Å². The van der Waals surface area contributed by atoms with Gasteiger partial charge in [-0.2, -0.15) is 0 Å². The molecule has 136 valence electrons. The van der Waals surface area contributed by atoms with Crippen molar-refractivity contribution in [3.63, 3.8) is 0 Å². The van der Waals surface area contributed by atoms with Crippen LogP contribution in [0.3, 0.4) is 0 Å². The molecule has 0 bridgehead atoms. The molecule has 5 rings (SSSR count). The van der Waals surface area contributed by atoms with E-state index >= 15 is 0 Å². The molecule has 0 radical (unpaired) electrons. The average Bonchev–Trinajstić information content (AvgIpc) is 3.18. The van der Waals surface area contributed by atoms with Crippen LogP contribution in [-0.2, 0) is 6.42 Å². The topological polar surface area (TPSA) is 37.3 Å². The molecule has 0 amide bonds. The Bertz CT molecular complexity index is 968. The Hall–Kier alpha value is -2.46. The van der Waals surface area contributed by atoms with E-state index in [1.54, 1.807) is 11.3 Å². The quantitative estimate of drug-likeness (QED) is 0.605. The van der Waals surface area contributed by atoms with Crippen LogP contribution in [0.25, 0.3) is 11.3 Å². The number of amidine groups is 1. The number of aliphatic imine (C=N–C) groups is 1. The third-order valence-electron chi connectivity index (χ3n) is 5.72. The number of anilines is 1. The molecule has 3 nitrogen and oxygen atoms in total. The standard InChI is InChI=1S/C23H23N3S/c1-3-9-17(10-4-1)20-16-27-22(24-20)25-21-19-12-6-5-11-18(19)15-23(26-21)13-7-2-8-14-23/h1,3-6,9-12,16H,2,7-8,13-15H2,(H,24,25,26). The molecule has 1 aliphatic heterocycles. The zero-order valence-corrected chi connectivity index (χ0v) is 16.1. The summed E-state index contributed by atoms with van der Waals surface area (Å²) in [7, 11) is 0. The van der Waals surface area contributed by atoms with E-state index in [9.17, 15) is 0 Å². The van der Waals surface area contributed by atoms with Crippen molar-refractivity contribution in [2.45, 2.75) is 44.1 Å². The van der Waals surface area contributed by atoms with Crippen molar-refractivity contribution in [3.8, 4) is 11.3 Å². The first kappa shape index (κ1) is 16.7. The number of rotatable bonds is 2. The van der Waals surface area contributed by atoms with Gasteiger partial charge >= 0.3 is 0 Å². The highest BCUT2D eigenvalue weighted by Crippen LogP contribution is 2.39. The zero-order valence-electron chi connectivity index (χ0n) is 15.3. The van der Waals surface area contributed by atoms with Crippen molar-refractivity contribution in [1.82, 2.24) is 4.98 Å². The molecule has 2 heterocycles. The van der Waals surface area contributed by atoms with Gasteiger partial charge in [0.05, 0.1) is 11.2 Å². The summed E-state index contributed by atoms with van der Waals surface area (Å²) in [5.74, 6) is 0.993. The molecule has 0 unspecified atom stereocenters. The molecule has 1 saturated carbocycles. The lowest BCUT2D eigenvalue weighted by Crippen LogP contribution is -2.39. The third kappa shape index (κ3) is 3.30. The van der Waals surface area contributed by atoms with Crippen LogP contribution in [0.2, 0.25) is 0 Å². The lowest BCUT2D eigenvalue weighted by Gasteiger charge is -2.38. The largest absolute Gasteiger partial charge is 0.316 e. The first-order valence-electron chi connectivity index (χ1n) is 9.78. The number of nitrogens with one attached hydrogen (secondary N) is 1. The van der Waals surface area contributed by atoms with Crippen molar-refractivity contribution in [3.05, 3.63) is 71.1 Å². The van der Waals surface area contributed by atoms with Gasteiger partial charge in [-0.1, -0.05) is 73.9 Å². The molecule has 3 aromatic rings. The van der Waals surface area contributed by atoms with Crippen LogP contribution in [0, 0.1) is 0 Å². The Kier molecular flexibility index (Phi) is 4.29. The zero-order chi connectivity index (χ0) is 18.1. The number of aromatic nitrogens is 1. The summed E-state index contributed by atoms with van der Waals surface area (Å²) in [6.07, 6.45) is 7.37. The fourth-order valence-electron chi connectivity index (χ4n) is 4.36. The molecule has 0 saturated heterocycles. The molecule has 27 heavy (non-hydrogen) atoms. The maximum atomic E-state index is 5.26. The first-order valence-corrected chi connectivity index (χ1v) is 10.7. The highest BCUT2D eigenvalue weighted by Gasteiger charge is 2.36. The molecule has 2 aliphatic rings. The van der Waals surface area contributed by atoms with Gasteiger partial charge in [0, 0.05) is 16.5 Å². The molecule has 1 aromatic heterocycles. The van der Waals surface area contributed by atoms with Gasteiger partial charge in [0.25, 0.3) is 0 Å². The lowest BCUT2D eigenvalue weighted by atomic mass is 9.75. The van der Waals surface area contributed by atoms with E-state index in [0.717, 1.165) is 28.6 Å². The predicted molar refractivity (Wildman–Crippen MR) is 114 cm³/mol. The summed E-state index contributed by atoms with van der Waals surface area (Å²) in [4.78, 5) is 10.1. The van der Waals surface area contributed by atoms with Gasteiger partial charge in [0.15, 0.2) is 5.13 Å². The number of benzene rings is 2. The second kappa shape index (κ2) is 6.93. The van der Waals surface area contributed by atoms with Crippen molar-refractivity contribution >= 4 is 22.3 Å². The van der Waals surface area contributed by atoms with Gasteiger partial charge in [0.2, 0.25) is 0 Å². The summed E-state index contributed by atoms with van der Waals surface area (Å²) in [5.41, 5.74) is 4.88. The summed E-state index contributed by atoms with van der Waals surface area (Å²) in [6, 6.07) is 19.0. The van der Waals surface area contributed by atoms with Crippen molar-refractivity contribution in [1.29, 1.82) is 0 Å². The Labute approximate surface area is 164 Å². The van der Waals surface area contributed by atoms with E-state index in [-0.39, 0.29) is 5.54 Å². The molecule has 0 atom stereocenters. The lowest BCUT2D eigenvalue weighted by molar-refractivity contribution is 0.294. The second-order valence-electron chi connectivity index (χ2n) is 7.61. The van der Waals surface area contributed by atoms with Crippen LogP contribution in [0.4, 0.5) is 5.13 Å². The highest BCUT2D eigenvalue weighted by molar-refractivity contribution is 7.14. The van der Waals surface area contributed by atoms with Crippen LogP contribution in [-0.4, -0.2) is 16.4 Å². The molecule has 4 heteroatoms. The summed E-state index contributed by atoms with van der Waals surface area (Å²) < 4.78 is 0. The van der Waals surface area contributed by atoms with Crippen LogP contribution in [0.5, 0.6) is 0 Å². The minimum atomic E-state index is 0.0778. The van der Waals surface area contributed by atoms with E-state index in [2.05, 4.69) is 59.2 Å². The smallest absolute Gasteiger partial charge is 0.188 e. The van der Waals surface area contributed by atoms with Gasteiger partial charge < -0.3 is 5.32 Å². The average molecular weight is 374 g/mol. The van der Waals surface area contributed by atoms with Gasteiger partial charge in [-0.05, 0) is 24.8 Å². The normalized spacial score (nSPS) is 18.0. The molecule has 2 aromatic carbocycles. The van der Waals surface area contributed by atoms with E-state index in [1.807, 2.05) is 6.07 Å². The van der Waals surface area contributed by atoms with Gasteiger partial charge in [-0.25, -0.2) is 4.98 Å². The number of thiazole rings is 1. The minimum absolute atomic E-state index is 0.0778.